The molecule has 1 atom stereocenters. The summed E-state index contributed by atoms with van der Waals surface area (Å²) >= 11 is 0. The van der Waals surface area contributed by atoms with Gasteiger partial charge in [0.25, 0.3) is 17.7 Å². The minimum Gasteiger partial charge on any atom is -0.406 e. The van der Waals surface area contributed by atoms with Crippen molar-refractivity contribution in [3.63, 3.8) is 0 Å². The minimum atomic E-state index is -4.89. The van der Waals surface area contributed by atoms with E-state index >= 15 is 0 Å². The van der Waals surface area contributed by atoms with Crippen molar-refractivity contribution >= 4 is 11.8 Å². The summed E-state index contributed by atoms with van der Waals surface area (Å²) in [5, 5.41) is 9.69. The van der Waals surface area contributed by atoms with Gasteiger partial charge in [0.2, 0.25) is 0 Å². The normalized spacial score (nSPS) is 18.3. The number of nitrogens with zero attached hydrogens (tertiary/aromatic N) is 4. The van der Waals surface area contributed by atoms with Crippen molar-refractivity contribution in [2.75, 3.05) is 13.6 Å². The number of likely N-dealkylation sites (tertiary alicyclic amines) is 1. The number of nitrogens with one attached hydrogen (secondary N) is 1. The van der Waals surface area contributed by atoms with Crippen LogP contribution in [0.3, 0.4) is 0 Å². The molecular weight excluding hydrogens is 417 g/mol. The molecule has 2 amide bonds. The molecule has 2 aromatic rings. The zero-order chi connectivity index (χ0) is 22.1. The van der Waals surface area contributed by atoms with Gasteiger partial charge in [0.1, 0.15) is 5.75 Å². The maximum atomic E-state index is 14.0. The quantitative estimate of drug-likeness (QED) is 0.730. The molecule has 8 nitrogen and oxygen atoms in total. The van der Waals surface area contributed by atoms with Gasteiger partial charge in [0, 0.05) is 19.0 Å². The third kappa shape index (κ3) is 5.02. The van der Waals surface area contributed by atoms with Crippen molar-refractivity contribution in [3.8, 4) is 5.75 Å². The van der Waals surface area contributed by atoms with Gasteiger partial charge in [-0.15, -0.1) is 18.3 Å². The number of rotatable bonds is 5. The Morgan fingerprint density at radius 3 is 2.53 bits per heavy atom. The van der Waals surface area contributed by atoms with Crippen LogP contribution in [0.15, 0.2) is 30.5 Å². The first-order valence-corrected chi connectivity index (χ1v) is 8.64. The van der Waals surface area contributed by atoms with Crippen molar-refractivity contribution in [1.29, 1.82) is 0 Å². The van der Waals surface area contributed by atoms with Crippen molar-refractivity contribution in [2.24, 2.45) is 0 Å². The van der Waals surface area contributed by atoms with Gasteiger partial charge in [0.05, 0.1) is 25.3 Å². The highest BCUT2D eigenvalue weighted by Gasteiger charge is 2.47. The van der Waals surface area contributed by atoms with Crippen LogP contribution in [-0.4, -0.2) is 63.6 Å². The number of benzene rings is 1. The third-order valence-corrected chi connectivity index (χ3v) is 4.37. The molecule has 1 fully saturated rings. The average Bonchev–Trinajstić information content (AvgIpc) is 3.24. The van der Waals surface area contributed by atoms with Gasteiger partial charge in [-0.25, -0.2) is 13.5 Å². The van der Waals surface area contributed by atoms with E-state index in [0.717, 1.165) is 29.2 Å². The molecule has 1 aliphatic heterocycles. The van der Waals surface area contributed by atoms with Gasteiger partial charge >= 0.3 is 6.36 Å². The molecule has 3 rings (SSSR count). The van der Waals surface area contributed by atoms with Gasteiger partial charge < -0.3 is 15.0 Å². The smallest absolute Gasteiger partial charge is 0.406 e. The number of ether oxygens (including phenoxy) is 1. The first-order valence-electron chi connectivity index (χ1n) is 8.64. The van der Waals surface area contributed by atoms with Crippen LogP contribution in [-0.2, 0) is 6.54 Å². The van der Waals surface area contributed by atoms with Gasteiger partial charge in [0.15, 0.2) is 5.69 Å². The summed E-state index contributed by atoms with van der Waals surface area (Å²) in [5.41, 5.74) is -0.0859. The summed E-state index contributed by atoms with van der Waals surface area (Å²) in [4.78, 5) is 25.2. The van der Waals surface area contributed by atoms with Crippen LogP contribution in [0, 0.1) is 0 Å². The first kappa shape index (κ1) is 21.5. The Bertz CT molecular complexity index is 929. The van der Waals surface area contributed by atoms with Crippen LogP contribution in [0.2, 0.25) is 0 Å². The lowest BCUT2D eigenvalue weighted by molar-refractivity contribution is -0.274. The van der Waals surface area contributed by atoms with E-state index in [1.54, 1.807) is 0 Å². The van der Waals surface area contributed by atoms with Gasteiger partial charge in [-0.1, -0.05) is 5.21 Å². The summed E-state index contributed by atoms with van der Waals surface area (Å²) in [6, 6.07) is 3.03. The SMILES string of the molecule is CNC(=O)c1cn(C[C@@H]2CC(F)(F)CN2C(=O)c2ccc(OC(F)(F)F)cc2)nn1. The van der Waals surface area contributed by atoms with Crippen LogP contribution >= 0.6 is 0 Å². The monoisotopic (exact) mass is 433 g/mol. The van der Waals surface area contributed by atoms with Crippen LogP contribution in [0.1, 0.15) is 27.3 Å². The summed E-state index contributed by atoms with van der Waals surface area (Å²) < 4.78 is 69.7. The van der Waals surface area contributed by atoms with E-state index in [0.29, 0.717) is 0 Å². The first-order chi connectivity index (χ1) is 14.0. The Kier molecular flexibility index (Phi) is 5.63. The van der Waals surface area contributed by atoms with Crippen LogP contribution < -0.4 is 10.1 Å². The molecule has 1 N–H and O–H groups in total. The Labute approximate surface area is 166 Å². The number of hydrogen-bond acceptors (Lipinski definition) is 5. The van der Waals surface area contributed by atoms with E-state index in [-0.39, 0.29) is 17.8 Å². The Morgan fingerprint density at radius 1 is 1.27 bits per heavy atom. The summed E-state index contributed by atoms with van der Waals surface area (Å²) in [5.74, 6) is -4.97. The Balaban J connectivity index is 1.76. The molecular formula is C17H16F5N5O3. The summed E-state index contributed by atoms with van der Waals surface area (Å²) in [6.45, 7) is -0.991. The molecule has 2 heterocycles. The predicted octanol–water partition coefficient (Wildman–Crippen LogP) is 2.09. The fourth-order valence-electron chi connectivity index (χ4n) is 3.10. The number of aromatic nitrogens is 3. The number of carbonyl (C=O) groups is 2. The molecule has 1 aromatic heterocycles. The van der Waals surface area contributed by atoms with Crippen molar-refractivity contribution in [1.82, 2.24) is 25.2 Å². The molecule has 30 heavy (non-hydrogen) atoms. The molecule has 0 radical (unpaired) electrons. The molecule has 162 valence electrons. The zero-order valence-corrected chi connectivity index (χ0v) is 15.5. The Morgan fingerprint density at radius 2 is 1.93 bits per heavy atom. The molecule has 1 saturated heterocycles. The number of hydrogen-bond donors (Lipinski definition) is 1. The zero-order valence-electron chi connectivity index (χ0n) is 15.5. The maximum Gasteiger partial charge on any atom is 0.573 e. The molecule has 13 heteroatoms. The second kappa shape index (κ2) is 7.88. The van der Waals surface area contributed by atoms with E-state index in [4.69, 9.17) is 0 Å². The fourth-order valence-corrected chi connectivity index (χ4v) is 3.10. The lowest BCUT2D eigenvalue weighted by Crippen LogP contribution is -2.38. The standard InChI is InChI=1S/C17H16F5N5O3/c1-23-14(28)13-8-26(25-24-13)7-11-6-16(18,19)9-27(11)15(29)10-2-4-12(5-3-10)30-17(20,21)22/h2-5,8,11H,6-7,9H2,1H3,(H,23,28)/t11-/m0/s1. The molecule has 1 aromatic carbocycles. The predicted molar refractivity (Wildman–Crippen MR) is 90.9 cm³/mol. The highest BCUT2D eigenvalue weighted by Crippen LogP contribution is 2.34. The summed E-state index contributed by atoms with van der Waals surface area (Å²) in [7, 11) is 1.39. The van der Waals surface area contributed by atoms with E-state index in [2.05, 4.69) is 20.4 Å². The van der Waals surface area contributed by atoms with E-state index in [9.17, 15) is 31.5 Å². The lowest BCUT2D eigenvalue weighted by atomic mass is 10.1. The van der Waals surface area contributed by atoms with Crippen molar-refractivity contribution in [2.45, 2.75) is 31.3 Å². The van der Waals surface area contributed by atoms with Crippen LogP contribution in [0.5, 0.6) is 5.75 Å². The summed E-state index contributed by atoms with van der Waals surface area (Å²) in [6.07, 6.45) is -4.26. The molecule has 0 saturated carbocycles. The molecule has 0 aliphatic carbocycles. The molecule has 0 unspecified atom stereocenters. The second-order valence-corrected chi connectivity index (χ2v) is 6.62. The number of alkyl halides is 5. The minimum absolute atomic E-state index is 0.0135. The maximum absolute atomic E-state index is 14.0. The topological polar surface area (TPSA) is 89.4 Å². The number of amides is 2. The number of halogens is 5. The lowest BCUT2D eigenvalue weighted by Gasteiger charge is -2.24. The van der Waals surface area contributed by atoms with Crippen molar-refractivity contribution in [3.05, 3.63) is 41.7 Å². The van der Waals surface area contributed by atoms with Gasteiger partial charge in [-0.3, -0.25) is 9.59 Å². The molecule has 0 bridgehead atoms. The van der Waals surface area contributed by atoms with Crippen molar-refractivity contribution < 1.29 is 36.3 Å². The highest BCUT2D eigenvalue weighted by atomic mass is 19.4. The van der Waals surface area contributed by atoms with Gasteiger partial charge in [-0.2, -0.15) is 0 Å². The number of carbonyl (C=O) groups excluding carboxylic acids is 2. The highest BCUT2D eigenvalue weighted by molar-refractivity contribution is 5.95. The third-order valence-electron chi connectivity index (χ3n) is 4.37. The second-order valence-electron chi connectivity index (χ2n) is 6.62. The van der Waals surface area contributed by atoms with E-state index in [1.165, 1.54) is 17.9 Å². The van der Waals surface area contributed by atoms with E-state index < -0.39 is 48.9 Å². The Hall–Kier alpha value is -3.25. The largest absolute Gasteiger partial charge is 0.573 e. The average molecular weight is 433 g/mol. The molecule has 0 spiro atoms. The van der Waals surface area contributed by atoms with Crippen LogP contribution in [0.25, 0.3) is 0 Å². The van der Waals surface area contributed by atoms with E-state index in [1.807, 2.05) is 0 Å². The fraction of sp³-hybridized carbons (Fsp3) is 0.412. The van der Waals surface area contributed by atoms with Crippen LogP contribution in [0.4, 0.5) is 22.0 Å². The van der Waals surface area contributed by atoms with Gasteiger partial charge in [-0.05, 0) is 24.3 Å². The molecule has 1 aliphatic rings.